The third kappa shape index (κ3) is 3.61. The molecule has 2 aromatic rings. The van der Waals surface area contributed by atoms with Gasteiger partial charge in [0.05, 0.1) is 7.11 Å². The molecular formula is C23H29NO5. The van der Waals surface area contributed by atoms with Crippen molar-refractivity contribution in [2.75, 3.05) is 20.3 Å². The molecular weight excluding hydrogens is 370 g/mol. The predicted octanol–water partition coefficient (Wildman–Crippen LogP) is 4.33. The number of esters is 1. The van der Waals surface area contributed by atoms with E-state index >= 15 is 0 Å². The number of nitrogens with zero attached hydrogens (tertiary/aromatic N) is 1. The lowest BCUT2D eigenvalue weighted by molar-refractivity contribution is -0.135. The number of carbonyl (C=O) groups excluding carboxylic acids is 2. The normalized spacial score (nSPS) is 25.3. The number of carbonyl (C=O) groups is 2. The highest BCUT2D eigenvalue weighted by Crippen LogP contribution is 2.52. The lowest BCUT2D eigenvalue weighted by Crippen LogP contribution is -2.39. The average Bonchev–Trinajstić information content (AvgIpc) is 3.11. The van der Waals surface area contributed by atoms with Gasteiger partial charge in [-0.05, 0) is 55.2 Å². The van der Waals surface area contributed by atoms with Crippen molar-refractivity contribution in [2.24, 2.45) is 10.8 Å². The second-order valence-electron chi connectivity index (χ2n) is 9.73. The molecule has 2 heterocycles. The van der Waals surface area contributed by atoms with Gasteiger partial charge in [0.25, 0.3) is 5.91 Å². The van der Waals surface area contributed by atoms with E-state index in [-0.39, 0.29) is 35.1 Å². The van der Waals surface area contributed by atoms with Crippen LogP contribution in [0.3, 0.4) is 0 Å². The van der Waals surface area contributed by atoms with Crippen LogP contribution < -0.4 is 4.74 Å². The van der Waals surface area contributed by atoms with Gasteiger partial charge >= 0.3 is 5.97 Å². The molecule has 2 fully saturated rings. The van der Waals surface area contributed by atoms with Gasteiger partial charge in [-0.15, -0.1) is 0 Å². The third-order valence-corrected chi connectivity index (χ3v) is 6.39. The van der Waals surface area contributed by atoms with Crippen molar-refractivity contribution in [3.05, 3.63) is 29.5 Å². The van der Waals surface area contributed by atoms with E-state index in [4.69, 9.17) is 13.9 Å². The molecule has 2 aliphatic rings. The SMILES string of the molecule is COc1ccc2oc(C(=O)OCC(=O)N3CC4(C)CC3CC(C)(C)C4)c(C)c2c1. The fraction of sp³-hybridized carbons (Fsp3) is 0.565. The molecule has 156 valence electrons. The molecule has 4 rings (SSSR count). The van der Waals surface area contributed by atoms with Crippen molar-refractivity contribution in [1.82, 2.24) is 4.90 Å². The van der Waals surface area contributed by atoms with Crippen LogP contribution in [0, 0.1) is 17.8 Å². The summed E-state index contributed by atoms with van der Waals surface area (Å²) in [6.45, 7) is 9.07. The van der Waals surface area contributed by atoms with Gasteiger partial charge in [-0.3, -0.25) is 4.79 Å². The molecule has 2 atom stereocenters. The number of benzene rings is 1. The topological polar surface area (TPSA) is 69.0 Å². The van der Waals surface area contributed by atoms with E-state index in [1.165, 1.54) is 0 Å². The molecule has 1 aromatic heterocycles. The summed E-state index contributed by atoms with van der Waals surface area (Å²) in [5.74, 6) is 0.0855. The number of hydrogen-bond donors (Lipinski definition) is 0. The number of hydrogen-bond acceptors (Lipinski definition) is 5. The van der Waals surface area contributed by atoms with E-state index in [1.54, 1.807) is 26.2 Å². The largest absolute Gasteiger partial charge is 0.497 e. The van der Waals surface area contributed by atoms with Crippen molar-refractivity contribution >= 4 is 22.8 Å². The zero-order chi connectivity index (χ0) is 21.0. The van der Waals surface area contributed by atoms with E-state index in [0.717, 1.165) is 31.2 Å². The van der Waals surface area contributed by atoms with Crippen LogP contribution in [0.15, 0.2) is 22.6 Å². The molecule has 0 spiro atoms. The monoisotopic (exact) mass is 399 g/mol. The first-order valence-electron chi connectivity index (χ1n) is 10.1. The number of rotatable bonds is 4. The zero-order valence-electron chi connectivity index (χ0n) is 17.8. The van der Waals surface area contributed by atoms with E-state index in [0.29, 0.717) is 16.9 Å². The maximum Gasteiger partial charge on any atom is 0.375 e. The second-order valence-corrected chi connectivity index (χ2v) is 9.73. The van der Waals surface area contributed by atoms with Gasteiger partial charge in [0.2, 0.25) is 5.76 Å². The van der Waals surface area contributed by atoms with Gasteiger partial charge in [0, 0.05) is 23.5 Å². The summed E-state index contributed by atoms with van der Waals surface area (Å²) in [6.07, 6.45) is 3.13. The van der Waals surface area contributed by atoms with Crippen molar-refractivity contribution in [1.29, 1.82) is 0 Å². The summed E-state index contributed by atoms with van der Waals surface area (Å²) >= 11 is 0. The summed E-state index contributed by atoms with van der Waals surface area (Å²) in [7, 11) is 1.59. The molecule has 6 heteroatoms. The maximum atomic E-state index is 12.8. The van der Waals surface area contributed by atoms with Crippen LogP contribution in [0.25, 0.3) is 11.0 Å². The van der Waals surface area contributed by atoms with Crippen LogP contribution in [0.1, 0.15) is 56.2 Å². The second kappa shape index (κ2) is 6.78. The van der Waals surface area contributed by atoms with Gasteiger partial charge < -0.3 is 18.8 Å². The minimum Gasteiger partial charge on any atom is -0.497 e. The molecule has 0 radical (unpaired) electrons. The van der Waals surface area contributed by atoms with Gasteiger partial charge in [-0.25, -0.2) is 4.79 Å². The molecule has 1 saturated carbocycles. The lowest BCUT2D eigenvalue weighted by atomic mass is 9.65. The predicted molar refractivity (Wildman–Crippen MR) is 109 cm³/mol. The van der Waals surface area contributed by atoms with Crippen LogP contribution in [0.2, 0.25) is 0 Å². The molecule has 1 aliphatic heterocycles. The third-order valence-electron chi connectivity index (χ3n) is 6.39. The van der Waals surface area contributed by atoms with Crippen LogP contribution >= 0.6 is 0 Å². The number of amides is 1. The first kappa shape index (κ1) is 19.8. The van der Waals surface area contributed by atoms with Crippen molar-refractivity contribution in [3.63, 3.8) is 0 Å². The Labute approximate surface area is 171 Å². The first-order chi connectivity index (χ1) is 13.6. The fourth-order valence-electron chi connectivity index (χ4n) is 5.55. The highest BCUT2D eigenvalue weighted by Gasteiger charge is 2.50. The lowest BCUT2D eigenvalue weighted by Gasteiger charge is -2.39. The highest BCUT2D eigenvalue weighted by molar-refractivity contribution is 5.97. The Hall–Kier alpha value is -2.50. The molecule has 2 bridgehead atoms. The highest BCUT2D eigenvalue weighted by atomic mass is 16.5. The quantitative estimate of drug-likeness (QED) is 0.716. The van der Waals surface area contributed by atoms with Gasteiger partial charge in [-0.1, -0.05) is 20.8 Å². The summed E-state index contributed by atoms with van der Waals surface area (Å²) in [6, 6.07) is 5.59. The molecule has 1 aliphatic carbocycles. The summed E-state index contributed by atoms with van der Waals surface area (Å²) < 4.78 is 16.3. The number of likely N-dealkylation sites (tertiary alicyclic amines) is 1. The number of ether oxygens (including phenoxy) is 2. The van der Waals surface area contributed by atoms with E-state index in [1.807, 2.05) is 11.0 Å². The minimum atomic E-state index is -0.611. The Bertz CT molecular complexity index is 975. The van der Waals surface area contributed by atoms with Gasteiger partial charge in [0.1, 0.15) is 11.3 Å². The Kier molecular flexibility index (Phi) is 4.63. The minimum absolute atomic E-state index is 0.125. The van der Waals surface area contributed by atoms with Crippen molar-refractivity contribution in [3.8, 4) is 5.75 Å². The number of methoxy groups -OCH3 is 1. The van der Waals surface area contributed by atoms with E-state index < -0.39 is 5.97 Å². The van der Waals surface area contributed by atoms with Crippen LogP contribution in [0.5, 0.6) is 5.75 Å². The Morgan fingerprint density at radius 1 is 1.24 bits per heavy atom. The molecule has 1 aromatic carbocycles. The molecule has 6 nitrogen and oxygen atoms in total. The Balaban J connectivity index is 1.44. The van der Waals surface area contributed by atoms with Gasteiger partial charge in [-0.2, -0.15) is 0 Å². The van der Waals surface area contributed by atoms with Crippen LogP contribution in [0.4, 0.5) is 0 Å². The average molecular weight is 399 g/mol. The molecule has 0 N–H and O–H groups in total. The fourth-order valence-corrected chi connectivity index (χ4v) is 5.55. The molecule has 1 saturated heterocycles. The summed E-state index contributed by atoms with van der Waals surface area (Å²) in [4.78, 5) is 27.3. The maximum absolute atomic E-state index is 12.8. The molecule has 29 heavy (non-hydrogen) atoms. The number of fused-ring (bicyclic) bond motifs is 3. The number of furan rings is 1. The summed E-state index contributed by atoms with van der Waals surface area (Å²) in [5, 5.41) is 0.797. The smallest absolute Gasteiger partial charge is 0.375 e. The number of aryl methyl sites for hydroxylation is 1. The molecule has 2 unspecified atom stereocenters. The van der Waals surface area contributed by atoms with E-state index in [2.05, 4.69) is 20.8 Å². The molecule has 1 amide bonds. The standard InChI is InChI=1S/C23H29NO5/c1-14-17-8-16(27-5)6-7-18(17)29-20(14)21(26)28-11-19(25)24-13-23(4)10-15(24)9-22(2,3)12-23/h6-8,15H,9-13H2,1-5H3. The van der Waals surface area contributed by atoms with Crippen LogP contribution in [-0.4, -0.2) is 43.1 Å². The first-order valence-corrected chi connectivity index (χ1v) is 10.1. The summed E-state index contributed by atoms with van der Waals surface area (Å²) in [5.41, 5.74) is 1.66. The van der Waals surface area contributed by atoms with E-state index in [9.17, 15) is 9.59 Å². The Morgan fingerprint density at radius 3 is 2.72 bits per heavy atom. The Morgan fingerprint density at radius 2 is 2.00 bits per heavy atom. The van der Waals surface area contributed by atoms with Crippen molar-refractivity contribution in [2.45, 2.75) is 53.0 Å². The van der Waals surface area contributed by atoms with Crippen molar-refractivity contribution < 1.29 is 23.5 Å². The zero-order valence-corrected chi connectivity index (χ0v) is 17.8. The van der Waals surface area contributed by atoms with Crippen LogP contribution in [-0.2, 0) is 9.53 Å². The van der Waals surface area contributed by atoms with Gasteiger partial charge in [0.15, 0.2) is 6.61 Å².